The molecule has 0 atom stereocenters. The van der Waals surface area contributed by atoms with Crippen LogP contribution in [0.25, 0.3) is 10.2 Å². The van der Waals surface area contributed by atoms with Gasteiger partial charge in [-0.05, 0) is 58.7 Å². The Kier molecular flexibility index (Phi) is 5.61. The minimum atomic E-state index is -0.264. The lowest BCUT2D eigenvalue weighted by Crippen LogP contribution is -2.20. The lowest BCUT2D eigenvalue weighted by Gasteiger charge is -2.11. The molecule has 2 aromatic carbocycles. The van der Waals surface area contributed by atoms with Gasteiger partial charge < -0.3 is 9.47 Å². The molecule has 0 saturated heterocycles. The number of anilines is 1. The van der Waals surface area contributed by atoms with Gasteiger partial charge in [0, 0.05) is 4.47 Å². The fourth-order valence-electron chi connectivity index (χ4n) is 2.25. The summed E-state index contributed by atoms with van der Waals surface area (Å²) >= 11 is 8.25. The number of carbonyl (C=O) groups excluding carboxylic acids is 1. The number of hydrogen-bond acceptors (Lipinski definition) is 5. The van der Waals surface area contributed by atoms with Gasteiger partial charge in [-0.1, -0.05) is 27.3 Å². The second kappa shape index (κ2) is 7.72. The highest BCUT2D eigenvalue weighted by Gasteiger charge is 2.12. The molecule has 8 heteroatoms. The molecule has 1 N–H and O–H groups in total. The summed E-state index contributed by atoms with van der Waals surface area (Å²) in [6, 6.07) is 9.39. The van der Waals surface area contributed by atoms with Crippen molar-refractivity contribution in [1.82, 2.24) is 4.98 Å². The summed E-state index contributed by atoms with van der Waals surface area (Å²) < 4.78 is 13.5. The molecule has 0 aliphatic heterocycles. The highest BCUT2D eigenvalue weighted by atomic mass is 79.9. The molecule has 0 bridgehead atoms. The van der Waals surface area contributed by atoms with Crippen LogP contribution in [0.5, 0.6) is 11.5 Å². The molecule has 25 heavy (non-hydrogen) atoms. The maximum Gasteiger partial charge on any atom is 0.264 e. The van der Waals surface area contributed by atoms with E-state index in [0.717, 1.165) is 30.5 Å². The number of ether oxygens (including phenoxy) is 2. The summed E-state index contributed by atoms with van der Waals surface area (Å²) in [6.07, 6.45) is 0. The number of aryl methyl sites for hydroxylation is 1. The zero-order valence-corrected chi connectivity index (χ0v) is 17.4. The number of rotatable bonds is 5. The van der Waals surface area contributed by atoms with Crippen LogP contribution in [0.15, 0.2) is 39.3 Å². The zero-order valence-electron chi connectivity index (χ0n) is 13.4. The molecule has 0 radical (unpaired) electrons. The molecule has 0 aliphatic carbocycles. The van der Waals surface area contributed by atoms with Gasteiger partial charge in [0.2, 0.25) is 0 Å². The van der Waals surface area contributed by atoms with Crippen LogP contribution in [0.2, 0.25) is 0 Å². The fourth-order valence-corrected chi connectivity index (χ4v) is 4.71. The molecule has 1 aromatic heterocycles. The van der Waals surface area contributed by atoms with Crippen molar-refractivity contribution in [2.75, 3.05) is 19.0 Å². The maximum atomic E-state index is 12.2. The van der Waals surface area contributed by atoms with E-state index in [9.17, 15) is 4.79 Å². The smallest absolute Gasteiger partial charge is 0.264 e. The summed E-state index contributed by atoms with van der Waals surface area (Å²) in [5.41, 5.74) is 1.75. The molecule has 0 aliphatic rings. The zero-order chi connectivity index (χ0) is 18.0. The van der Waals surface area contributed by atoms with E-state index in [1.807, 2.05) is 37.3 Å². The maximum absolute atomic E-state index is 12.2. The standard InChI is InChI=1S/C17H14Br2N2O3S/c1-9-5-10(18)6-12(19)16(9)24-8-15(22)21-17-20-13-4-3-11(23-2)7-14(13)25-17/h3-7H,8H2,1-2H3,(H,20,21,22). The summed E-state index contributed by atoms with van der Waals surface area (Å²) in [7, 11) is 1.62. The van der Waals surface area contributed by atoms with Gasteiger partial charge in [0.25, 0.3) is 5.91 Å². The third-order valence-electron chi connectivity index (χ3n) is 3.38. The average molecular weight is 486 g/mol. The second-order valence-corrected chi connectivity index (χ2v) is 8.02. The van der Waals surface area contributed by atoms with E-state index in [1.54, 1.807) is 7.11 Å². The Morgan fingerprint density at radius 2 is 2.08 bits per heavy atom. The number of halogens is 2. The van der Waals surface area contributed by atoms with Crippen LogP contribution in [-0.4, -0.2) is 24.6 Å². The van der Waals surface area contributed by atoms with E-state index in [2.05, 4.69) is 42.2 Å². The van der Waals surface area contributed by atoms with Crippen molar-refractivity contribution in [2.24, 2.45) is 0 Å². The SMILES string of the molecule is COc1ccc2nc(NC(=O)COc3c(C)cc(Br)cc3Br)sc2c1. The number of nitrogens with one attached hydrogen (secondary N) is 1. The topological polar surface area (TPSA) is 60.5 Å². The van der Waals surface area contributed by atoms with E-state index in [-0.39, 0.29) is 12.5 Å². The van der Waals surface area contributed by atoms with E-state index in [1.165, 1.54) is 11.3 Å². The molecule has 130 valence electrons. The minimum absolute atomic E-state index is 0.0969. The molecule has 0 saturated carbocycles. The Morgan fingerprint density at radius 1 is 1.28 bits per heavy atom. The summed E-state index contributed by atoms with van der Waals surface area (Å²) in [4.78, 5) is 16.5. The van der Waals surface area contributed by atoms with Crippen LogP contribution in [0.1, 0.15) is 5.56 Å². The first-order valence-corrected chi connectivity index (χ1v) is 9.69. The summed E-state index contributed by atoms with van der Waals surface area (Å²) in [5.74, 6) is 1.14. The van der Waals surface area contributed by atoms with Crippen LogP contribution >= 0.6 is 43.2 Å². The van der Waals surface area contributed by atoms with Crippen molar-refractivity contribution in [2.45, 2.75) is 6.92 Å². The highest BCUT2D eigenvalue weighted by molar-refractivity contribution is 9.11. The minimum Gasteiger partial charge on any atom is -0.497 e. The number of hydrogen-bond donors (Lipinski definition) is 1. The normalized spacial score (nSPS) is 10.7. The van der Waals surface area contributed by atoms with Crippen LogP contribution in [-0.2, 0) is 4.79 Å². The largest absolute Gasteiger partial charge is 0.497 e. The molecule has 5 nitrogen and oxygen atoms in total. The first-order valence-electron chi connectivity index (χ1n) is 7.29. The van der Waals surface area contributed by atoms with Crippen molar-refractivity contribution >= 4 is 64.5 Å². The van der Waals surface area contributed by atoms with Gasteiger partial charge in [-0.25, -0.2) is 4.98 Å². The molecule has 3 rings (SSSR count). The van der Waals surface area contributed by atoms with E-state index >= 15 is 0 Å². The molecule has 0 fully saturated rings. The Hall–Kier alpha value is -1.64. The number of fused-ring (bicyclic) bond motifs is 1. The molecule has 1 heterocycles. The van der Waals surface area contributed by atoms with Crippen molar-refractivity contribution in [3.8, 4) is 11.5 Å². The second-order valence-electron chi connectivity index (χ2n) is 5.22. The van der Waals surface area contributed by atoms with Crippen LogP contribution < -0.4 is 14.8 Å². The molecule has 3 aromatic rings. The third kappa shape index (κ3) is 4.31. The lowest BCUT2D eigenvalue weighted by molar-refractivity contribution is -0.118. The van der Waals surface area contributed by atoms with Gasteiger partial charge in [-0.2, -0.15) is 0 Å². The predicted molar refractivity (Wildman–Crippen MR) is 107 cm³/mol. The number of carbonyl (C=O) groups is 1. The monoisotopic (exact) mass is 484 g/mol. The number of aromatic nitrogens is 1. The third-order valence-corrected chi connectivity index (χ3v) is 5.36. The molecular formula is C17H14Br2N2O3S. The quantitative estimate of drug-likeness (QED) is 0.542. The highest BCUT2D eigenvalue weighted by Crippen LogP contribution is 2.32. The number of methoxy groups -OCH3 is 1. The lowest BCUT2D eigenvalue weighted by atomic mass is 10.2. The first kappa shape index (κ1) is 18.2. The average Bonchev–Trinajstić information content (AvgIpc) is 2.94. The summed E-state index contributed by atoms with van der Waals surface area (Å²) in [5, 5.41) is 3.30. The van der Waals surface area contributed by atoms with Gasteiger partial charge in [0.1, 0.15) is 11.5 Å². The van der Waals surface area contributed by atoms with Gasteiger partial charge in [-0.15, -0.1) is 0 Å². The fraction of sp³-hybridized carbons (Fsp3) is 0.176. The molecular weight excluding hydrogens is 472 g/mol. The van der Waals surface area contributed by atoms with Crippen LogP contribution in [0.4, 0.5) is 5.13 Å². The number of amides is 1. The number of thiazole rings is 1. The Labute approximate surface area is 165 Å². The first-order chi connectivity index (χ1) is 12.0. The summed E-state index contributed by atoms with van der Waals surface area (Å²) in [6.45, 7) is 1.82. The van der Waals surface area contributed by atoms with E-state index in [4.69, 9.17) is 9.47 Å². The van der Waals surface area contributed by atoms with Gasteiger partial charge in [-0.3, -0.25) is 10.1 Å². The van der Waals surface area contributed by atoms with E-state index in [0.29, 0.717) is 10.9 Å². The van der Waals surface area contributed by atoms with Gasteiger partial charge >= 0.3 is 0 Å². The number of benzene rings is 2. The van der Waals surface area contributed by atoms with Crippen molar-refractivity contribution < 1.29 is 14.3 Å². The Balaban J connectivity index is 1.67. The van der Waals surface area contributed by atoms with Crippen molar-refractivity contribution in [1.29, 1.82) is 0 Å². The van der Waals surface area contributed by atoms with Gasteiger partial charge in [0.05, 0.1) is 21.8 Å². The van der Waals surface area contributed by atoms with E-state index < -0.39 is 0 Å². The van der Waals surface area contributed by atoms with Crippen LogP contribution in [0.3, 0.4) is 0 Å². The van der Waals surface area contributed by atoms with Crippen molar-refractivity contribution in [3.05, 3.63) is 44.8 Å². The predicted octanol–water partition coefficient (Wildman–Crippen LogP) is 5.16. The number of nitrogens with zero attached hydrogens (tertiary/aromatic N) is 1. The molecule has 0 unspecified atom stereocenters. The van der Waals surface area contributed by atoms with Gasteiger partial charge in [0.15, 0.2) is 11.7 Å². The molecule has 1 amide bonds. The Bertz CT molecular complexity index is 920. The van der Waals surface area contributed by atoms with Crippen LogP contribution in [0, 0.1) is 6.92 Å². The van der Waals surface area contributed by atoms with Crippen molar-refractivity contribution in [3.63, 3.8) is 0 Å². The Morgan fingerprint density at radius 3 is 2.80 bits per heavy atom. The molecule has 0 spiro atoms.